The molecular formula is C12H18N4O3S. The molecule has 20 heavy (non-hydrogen) atoms. The molecule has 0 bridgehead atoms. The lowest BCUT2D eigenvalue weighted by atomic mass is 10.3. The standard InChI is InChI=1S/C12H18N4O3S/c1-8(17)15-4-3-5-16(7-6-15)11-9(12(18)19-2)10(13)14-20-11/h3-7H2,1-2H3,(H2,13,14). The van der Waals surface area contributed by atoms with Crippen molar-refractivity contribution >= 4 is 34.2 Å². The number of hydrogen-bond donors (Lipinski definition) is 1. The van der Waals surface area contributed by atoms with Gasteiger partial charge in [0, 0.05) is 33.1 Å². The van der Waals surface area contributed by atoms with E-state index in [1.807, 2.05) is 9.80 Å². The molecule has 0 aromatic carbocycles. The Labute approximate surface area is 121 Å². The van der Waals surface area contributed by atoms with Crippen molar-refractivity contribution in [3.05, 3.63) is 5.56 Å². The smallest absolute Gasteiger partial charge is 0.344 e. The number of nitrogens with zero attached hydrogens (tertiary/aromatic N) is 3. The predicted octanol–water partition coefficient (Wildman–Crippen LogP) is 0.571. The average Bonchev–Trinajstić information content (AvgIpc) is 2.65. The molecule has 1 fully saturated rings. The number of hydrogen-bond acceptors (Lipinski definition) is 7. The van der Waals surface area contributed by atoms with E-state index in [1.165, 1.54) is 18.6 Å². The summed E-state index contributed by atoms with van der Waals surface area (Å²) >= 11 is 1.19. The van der Waals surface area contributed by atoms with E-state index < -0.39 is 5.97 Å². The van der Waals surface area contributed by atoms with Gasteiger partial charge in [0.25, 0.3) is 0 Å². The molecule has 0 unspecified atom stereocenters. The summed E-state index contributed by atoms with van der Waals surface area (Å²) in [4.78, 5) is 27.1. The van der Waals surface area contributed by atoms with Crippen LogP contribution in [0.4, 0.5) is 10.8 Å². The second kappa shape index (κ2) is 6.08. The molecule has 1 aromatic heterocycles. The second-order valence-electron chi connectivity index (χ2n) is 4.59. The number of carbonyl (C=O) groups excluding carboxylic acids is 2. The largest absolute Gasteiger partial charge is 0.465 e. The van der Waals surface area contributed by atoms with Gasteiger partial charge in [0.15, 0.2) is 5.82 Å². The highest BCUT2D eigenvalue weighted by molar-refractivity contribution is 7.11. The Morgan fingerprint density at radius 2 is 2.05 bits per heavy atom. The zero-order valence-corrected chi connectivity index (χ0v) is 12.4. The maximum atomic E-state index is 11.8. The first kappa shape index (κ1) is 14.6. The first-order valence-electron chi connectivity index (χ1n) is 6.38. The van der Waals surface area contributed by atoms with E-state index >= 15 is 0 Å². The summed E-state index contributed by atoms with van der Waals surface area (Å²) in [6.07, 6.45) is 0.845. The van der Waals surface area contributed by atoms with Gasteiger partial charge in [-0.3, -0.25) is 4.79 Å². The van der Waals surface area contributed by atoms with Crippen LogP contribution >= 0.6 is 11.5 Å². The van der Waals surface area contributed by atoms with Crippen molar-refractivity contribution < 1.29 is 14.3 Å². The zero-order chi connectivity index (χ0) is 14.7. The molecule has 2 rings (SSSR count). The van der Waals surface area contributed by atoms with Crippen molar-refractivity contribution in [1.29, 1.82) is 0 Å². The van der Waals surface area contributed by atoms with Gasteiger partial charge in [-0.1, -0.05) is 0 Å². The number of rotatable bonds is 2. The van der Waals surface area contributed by atoms with Crippen LogP contribution in [0.2, 0.25) is 0 Å². The molecule has 1 saturated heterocycles. The summed E-state index contributed by atoms with van der Waals surface area (Å²) in [6.45, 7) is 4.35. The summed E-state index contributed by atoms with van der Waals surface area (Å²) in [5.41, 5.74) is 6.07. The van der Waals surface area contributed by atoms with E-state index in [9.17, 15) is 9.59 Å². The van der Waals surface area contributed by atoms with Crippen molar-refractivity contribution in [3.63, 3.8) is 0 Å². The first-order chi connectivity index (χ1) is 9.54. The third-order valence-electron chi connectivity index (χ3n) is 3.32. The van der Waals surface area contributed by atoms with Crippen molar-refractivity contribution in [2.75, 3.05) is 43.9 Å². The second-order valence-corrected chi connectivity index (χ2v) is 5.34. The summed E-state index contributed by atoms with van der Waals surface area (Å²) < 4.78 is 8.80. The third-order valence-corrected chi connectivity index (χ3v) is 4.24. The number of amides is 1. The Morgan fingerprint density at radius 3 is 2.70 bits per heavy atom. The van der Waals surface area contributed by atoms with Gasteiger partial charge >= 0.3 is 5.97 Å². The highest BCUT2D eigenvalue weighted by atomic mass is 32.1. The van der Waals surface area contributed by atoms with Crippen LogP contribution in [0.25, 0.3) is 0 Å². The topological polar surface area (TPSA) is 88.8 Å². The molecule has 110 valence electrons. The van der Waals surface area contributed by atoms with E-state index in [-0.39, 0.29) is 11.7 Å². The molecule has 8 heteroatoms. The van der Waals surface area contributed by atoms with Crippen LogP contribution < -0.4 is 10.6 Å². The maximum Gasteiger partial charge on any atom is 0.344 e. The Morgan fingerprint density at radius 1 is 1.30 bits per heavy atom. The van der Waals surface area contributed by atoms with Crippen molar-refractivity contribution in [2.24, 2.45) is 0 Å². The number of aromatic nitrogens is 1. The lowest BCUT2D eigenvalue weighted by Crippen LogP contribution is -2.33. The molecule has 0 aliphatic carbocycles. The fourth-order valence-electron chi connectivity index (χ4n) is 2.24. The molecule has 2 N–H and O–H groups in total. The van der Waals surface area contributed by atoms with Gasteiger partial charge in [-0.05, 0) is 18.0 Å². The normalized spacial score (nSPS) is 15.9. The molecule has 7 nitrogen and oxygen atoms in total. The zero-order valence-electron chi connectivity index (χ0n) is 11.6. The van der Waals surface area contributed by atoms with Crippen LogP contribution in [0.3, 0.4) is 0 Å². The van der Waals surface area contributed by atoms with E-state index in [2.05, 4.69) is 4.37 Å². The number of methoxy groups -OCH3 is 1. The highest BCUT2D eigenvalue weighted by Crippen LogP contribution is 2.31. The monoisotopic (exact) mass is 298 g/mol. The minimum absolute atomic E-state index is 0.0730. The van der Waals surface area contributed by atoms with Gasteiger partial charge in [0.1, 0.15) is 10.6 Å². The fraction of sp³-hybridized carbons (Fsp3) is 0.583. The molecule has 1 aliphatic rings. The predicted molar refractivity (Wildman–Crippen MR) is 76.9 cm³/mol. The third kappa shape index (κ3) is 2.84. The van der Waals surface area contributed by atoms with E-state index in [4.69, 9.17) is 10.5 Å². The van der Waals surface area contributed by atoms with Crippen molar-refractivity contribution in [2.45, 2.75) is 13.3 Å². The van der Waals surface area contributed by atoms with Crippen molar-refractivity contribution in [1.82, 2.24) is 9.27 Å². The summed E-state index contributed by atoms with van der Waals surface area (Å²) in [6, 6.07) is 0. The molecule has 2 heterocycles. The van der Waals surface area contributed by atoms with Crippen LogP contribution in [0.1, 0.15) is 23.7 Å². The van der Waals surface area contributed by atoms with Gasteiger partial charge in [0.05, 0.1) is 7.11 Å². The number of esters is 1. The van der Waals surface area contributed by atoms with Gasteiger partial charge in [0.2, 0.25) is 5.91 Å². The number of nitrogens with two attached hydrogens (primary N) is 1. The number of nitrogen functional groups attached to an aromatic ring is 1. The van der Waals surface area contributed by atoms with Gasteiger partial charge < -0.3 is 20.3 Å². The minimum Gasteiger partial charge on any atom is -0.465 e. The quantitative estimate of drug-likeness (QED) is 0.803. The molecule has 0 radical (unpaired) electrons. The molecule has 0 saturated carbocycles. The number of ether oxygens (including phenoxy) is 1. The lowest BCUT2D eigenvalue weighted by Gasteiger charge is -2.22. The molecule has 0 spiro atoms. The molecule has 0 atom stereocenters. The summed E-state index contributed by atoms with van der Waals surface area (Å²) in [5.74, 6) is -0.202. The maximum absolute atomic E-state index is 11.8. The molecule has 1 aromatic rings. The van der Waals surface area contributed by atoms with Gasteiger partial charge in [-0.15, -0.1) is 0 Å². The summed E-state index contributed by atoms with van der Waals surface area (Å²) in [5, 5.41) is 0.722. The van der Waals surface area contributed by atoms with Crippen LogP contribution in [0, 0.1) is 0 Å². The SMILES string of the molecule is COC(=O)c1c(N)nsc1N1CCCN(C(C)=O)CC1. The Hall–Kier alpha value is -1.83. The van der Waals surface area contributed by atoms with E-state index in [0.717, 1.165) is 24.5 Å². The average molecular weight is 298 g/mol. The Bertz CT molecular complexity index is 517. The highest BCUT2D eigenvalue weighted by Gasteiger charge is 2.26. The molecule has 1 aliphatic heterocycles. The van der Waals surface area contributed by atoms with Gasteiger partial charge in [-0.25, -0.2) is 4.79 Å². The Balaban J connectivity index is 2.20. The lowest BCUT2D eigenvalue weighted by molar-refractivity contribution is -0.128. The summed E-state index contributed by atoms with van der Waals surface area (Å²) in [7, 11) is 1.32. The minimum atomic E-state index is -0.473. The molecule has 1 amide bonds. The number of anilines is 2. The number of carbonyl (C=O) groups is 2. The van der Waals surface area contributed by atoms with Gasteiger partial charge in [-0.2, -0.15) is 4.37 Å². The fourth-order valence-corrected chi connectivity index (χ4v) is 3.09. The van der Waals surface area contributed by atoms with Crippen LogP contribution in [0.15, 0.2) is 0 Å². The van der Waals surface area contributed by atoms with Crippen molar-refractivity contribution in [3.8, 4) is 0 Å². The molecular weight excluding hydrogens is 280 g/mol. The van der Waals surface area contributed by atoms with E-state index in [1.54, 1.807) is 6.92 Å². The first-order valence-corrected chi connectivity index (χ1v) is 7.16. The Kier molecular flexibility index (Phi) is 4.43. The van der Waals surface area contributed by atoms with Crippen LogP contribution in [0.5, 0.6) is 0 Å². The van der Waals surface area contributed by atoms with Crippen LogP contribution in [-0.4, -0.2) is 54.4 Å². The van der Waals surface area contributed by atoms with E-state index in [0.29, 0.717) is 18.7 Å². The van der Waals surface area contributed by atoms with Crippen LogP contribution in [-0.2, 0) is 9.53 Å².